The van der Waals surface area contributed by atoms with Gasteiger partial charge in [0.1, 0.15) is 11.6 Å². The third-order valence-corrected chi connectivity index (χ3v) is 3.02. The predicted octanol–water partition coefficient (Wildman–Crippen LogP) is 2.04. The van der Waals surface area contributed by atoms with Crippen LogP contribution in [0.1, 0.15) is 17.2 Å². The largest absolute Gasteiger partial charge is 0.330 e. The van der Waals surface area contributed by atoms with Gasteiger partial charge in [0.2, 0.25) is 0 Å². The molecule has 1 aromatic carbocycles. The zero-order valence-electron chi connectivity index (χ0n) is 9.94. The van der Waals surface area contributed by atoms with Gasteiger partial charge < -0.3 is 5.73 Å². The van der Waals surface area contributed by atoms with E-state index in [0.29, 0.717) is 13.0 Å². The van der Waals surface area contributed by atoms with Crippen molar-refractivity contribution in [3.63, 3.8) is 0 Å². The van der Waals surface area contributed by atoms with E-state index in [-0.39, 0.29) is 0 Å². The summed E-state index contributed by atoms with van der Waals surface area (Å²) in [6.07, 6.45) is 0.701. The third-order valence-electron chi connectivity index (χ3n) is 2.62. The van der Waals surface area contributed by atoms with Crippen LogP contribution in [-0.4, -0.2) is 21.3 Å². The fraction of sp³-hybridized carbons (Fsp3) is 0.333. The van der Waals surface area contributed by atoms with E-state index < -0.39 is 0 Å². The van der Waals surface area contributed by atoms with Gasteiger partial charge in [0.15, 0.2) is 0 Å². The average Bonchev–Trinajstić information content (AvgIpc) is 2.64. The molecule has 0 saturated heterocycles. The van der Waals surface area contributed by atoms with Crippen LogP contribution in [-0.2, 0) is 6.42 Å². The van der Waals surface area contributed by atoms with Crippen molar-refractivity contribution in [2.24, 2.45) is 5.73 Å². The van der Waals surface area contributed by atoms with Gasteiger partial charge in [-0.05, 0) is 38.1 Å². The van der Waals surface area contributed by atoms with Crippen LogP contribution in [0.25, 0.3) is 5.69 Å². The van der Waals surface area contributed by atoms with E-state index in [1.807, 2.05) is 36.7 Å². The second-order valence-electron chi connectivity index (χ2n) is 3.91. The first-order valence-electron chi connectivity index (χ1n) is 5.51. The number of benzene rings is 1. The Morgan fingerprint density at radius 1 is 1.35 bits per heavy atom. The Morgan fingerprint density at radius 2 is 2.12 bits per heavy atom. The molecular weight excluding hydrogens is 236 g/mol. The minimum atomic E-state index is 0.553. The maximum absolute atomic E-state index is 6.11. The van der Waals surface area contributed by atoms with Crippen molar-refractivity contribution in [3.8, 4) is 5.69 Å². The van der Waals surface area contributed by atoms with E-state index in [1.165, 1.54) is 0 Å². The normalized spacial score (nSPS) is 10.8. The Hall–Kier alpha value is -1.39. The van der Waals surface area contributed by atoms with E-state index in [1.54, 1.807) is 0 Å². The minimum Gasteiger partial charge on any atom is -0.330 e. The molecule has 0 aliphatic carbocycles. The number of hydrogen-bond donors (Lipinski definition) is 1. The highest BCUT2D eigenvalue weighted by molar-refractivity contribution is 6.31. The van der Waals surface area contributed by atoms with Crippen LogP contribution in [0.3, 0.4) is 0 Å². The molecular formula is C12H15ClN4. The molecule has 2 N–H and O–H groups in total. The van der Waals surface area contributed by atoms with Gasteiger partial charge in [-0.25, -0.2) is 9.67 Å². The lowest BCUT2D eigenvalue weighted by Gasteiger charge is -2.09. The molecule has 90 valence electrons. The monoisotopic (exact) mass is 250 g/mol. The van der Waals surface area contributed by atoms with Crippen LogP contribution >= 0.6 is 11.6 Å². The molecule has 0 saturated carbocycles. The highest BCUT2D eigenvalue weighted by Gasteiger charge is 2.11. The van der Waals surface area contributed by atoms with Gasteiger partial charge in [0.05, 0.1) is 5.69 Å². The maximum Gasteiger partial charge on any atom is 0.148 e. The summed E-state index contributed by atoms with van der Waals surface area (Å²) in [5.74, 6) is 1.61. The van der Waals surface area contributed by atoms with E-state index >= 15 is 0 Å². The summed E-state index contributed by atoms with van der Waals surface area (Å²) in [6.45, 7) is 4.40. The molecule has 2 aromatic rings. The Bertz CT molecular complexity index is 533. The molecule has 4 nitrogen and oxygen atoms in total. The van der Waals surface area contributed by atoms with Crippen molar-refractivity contribution in [2.75, 3.05) is 6.54 Å². The Morgan fingerprint density at radius 3 is 2.82 bits per heavy atom. The maximum atomic E-state index is 6.11. The van der Waals surface area contributed by atoms with E-state index in [4.69, 9.17) is 17.3 Å². The number of halogens is 1. The first-order valence-corrected chi connectivity index (χ1v) is 5.89. The highest BCUT2D eigenvalue weighted by atomic mass is 35.5. The quantitative estimate of drug-likeness (QED) is 0.907. The predicted molar refractivity (Wildman–Crippen MR) is 68.6 cm³/mol. The number of aryl methyl sites for hydroxylation is 1. The van der Waals surface area contributed by atoms with E-state index in [9.17, 15) is 0 Å². The third kappa shape index (κ3) is 2.33. The number of aromatic nitrogens is 3. The summed E-state index contributed by atoms with van der Waals surface area (Å²) in [7, 11) is 0. The molecule has 0 atom stereocenters. The summed E-state index contributed by atoms with van der Waals surface area (Å²) in [5.41, 5.74) is 7.53. The minimum absolute atomic E-state index is 0.553. The smallest absolute Gasteiger partial charge is 0.148 e. The average molecular weight is 251 g/mol. The van der Waals surface area contributed by atoms with Crippen LogP contribution in [0.2, 0.25) is 5.02 Å². The second kappa shape index (κ2) is 4.85. The van der Waals surface area contributed by atoms with Crippen molar-refractivity contribution in [2.45, 2.75) is 20.3 Å². The van der Waals surface area contributed by atoms with Gasteiger partial charge in [0.25, 0.3) is 0 Å². The molecule has 0 aliphatic rings. The van der Waals surface area contributed by atoms with Crippen molar-refractivity contribution < 1.29 is 0 Å². The number of hydrogen-bond acceptors (Lipinski definition) is 3. The highest BCUT2D eigenvalue weighted by Crippen LogP contribution is 2.22. The first-order chi connectivity index (χ1) is 8.13. The second-order valence-corrected chi connectivity index (χ2v) is 4.32. The van der Waals surface area contributed by atoms with Gasteiger partial charge in [0, 0.05) is 11.4 Å². The lowest BCUT2D eigenvalue weighted by Crippen LogP contribution is -2.10. The molecule has 17 heavy (non-hydrogen) atoms. The number of rotatable bonds is 3. The fourth-order valence-corrected chi connectivity index (χ4v) is 1.94. The Kier molecular flexibility index (Phi) is 3.45. The van der Waals surface area contributed by atoms with Crippen LogP contribution in [0.5, 0.6) is 0 Å². The molecule has 1 heterocycles. The summed E-state index contributed by atoms with van der Waals surface area (Å²) in [4.78, 5) is 4.38. The van der Waals surface area contributed by atoms with Crippen LogP contribution in [0.15, 0.2) is 18.2 Å². The molecule has 5 heteroatoms. The molecule has 2 rings (SSSR count). The standard InChI is InChI=1S/C12H15ClN4/c1-8-10(13)4-3-5-11(8)17-12(6-7-14)15-9(2)16-17/h3-5H,6-7,14H2,1-2H3. The molecule has 0 unspecified atom stereocenters. The SMILES string of the molecule is Cc1nc(CCN)n(-c2cccc(Cl)c2C)n1. The van der Waals surface area contributed by atoms with Crippen LogP contribution in [0, 0.1) is 13.8 Å². The number of nitrogens with zero attached hydrogens (tertiary/aromatic N) is 3. The van der Waals surface area contributed by atoms with Gasteiger partial charge in [-0.3, -0.25) is 0 Å². The first kappa shape index (κ1) is 12.1. The molecule has 0 spiro atoms. The van der Waals surface area contributed by atoms with Crippen molar-refractivity contribution >= 4 is 11.6 Å². The van der Waals surface area contributed by atoms with Crippen molar-refractivity contribution in [3.05, 3.63) is 40.4 Å². The Labute approximate surface area is 105 Å². The number of nitrogens with two attached hydrogens (primary N) is 1. The van der Waals surface area contributed by atoms with E-state index in [0.717, 1.165) is 27.9 Å². The zero-order chi connectivity index (χ0) is 12.4. The topological polar surface area (TPSA) is 56.7 Å². The van der Waals surface area contributed by atoms with Crippen LogP contribution in [0.4, 0.5) is 0 Å². The molecule has 0 radical (unpaired) electrons. The molecule has 0 fully saturated rings. The molecule has 0 aliphatic heterocycles. The van der Waals surface area contributed by atoms with Gasteiger partial charge in [-0.2, -0.15) is 5.10 Å². The Balaban J connectivity index is 2.55. The van der Waals surface area contributed by atoms with Gasteiger partial charge in [-0.15, -0.1) is 0 Å². The lowest BCUT2D eigenvalue weighted by atomic mass is 10.2. The summed E-state index contributed by atoms with van der Waals surface area (Å²) in [6, 6.07) is 5.76. The molecule has 0 bridgehead atoms. The van der Waals surface area contributed by atoms with Crippen molar-refractivity contribution in [1.29, 1.82) is 0 Å². The van der Waals surface area contributed by atoms with Gasteiger partial charge in [-0.1, -0.05) is 17.7 Å². The zero-order valence-corrected chi connectivity index (χ0v) is 10.7. The molecule has 1 aromatic heterocycles. The molecule has 0 amide bonds. The van der Waals surface area contributed by atoms with Crippen LogP contribution < -0.4 is 5.73 Å². The summed E-state index contributed by atoms with van der Waals surface area (Å²) in [5, 5.41) is 5.12. The van der Waals surface area contributed by atoms with E-state index in [2.05, 4.69) is 10.1 Å². The van der Waals surface area contributed by atoms with Gasteiger partial charge >= 0.3 is 0 Å². The fourth-order valence-electron chi connectivity index (χ4n) is 1.77. The lowest BCUT2D eigenvalue weighted by molar-refractivity contribution is 0.770. The van der Waals surface area contributed by atoms with Crippen molar-refractivity contribution in [1.82, 2.24) is 14.8 Å². The summed E-state index contributed by atoms with van der Waals surface area (Å²) >= 11 is 6.11. The summed E-state index contributed by atoms with van der Waals surface area (Å²) < 4.78 is 1.82.